The highest BCUT2D eigenvalue weighted by Gasteiger charge is 2.16. The minimum Gasteiger partial charge on any atom is -0.495 e. The molecular formula is C14H19NO3. The van der Waals surface area contributed by atoms with E-state index in [1.807, 2.05) is 13.8 Å². The Morgan fingerprint density at radius 3 is 2.56 bits per heavy atom. The lowest BCUT2D eigenvalue weighted by atomic mass is 10.0. The van der Waals surface area contributed by atoms with Gasteiger partial charge in [-0.05, 0) is 31.0 Å². The summed E-state index contributed by atoms with van der Waals surface area (Å²) in [7, 11) is 1.53. The van der Waals surface area contributed by atoms with Crippen LogP contribution in [-0.2, 0) is 4.79 Å². The summed E-state index contributed by atoms with van der Waals surface area (Å²) in [6.45, 7) is 3.96. The largest absolute Gasteiger partial charge is 0.495 e. The summed E-state index contributed by atoms with van der Waals surface area (Å²) in [5, 5.41) is 2.82. The second-order valence-electron chi connectivity index (χ2n) is 4.08. The van der Waals surface area contributed by atoms with E-state index >= 15 is 0 Å². The fourth-order valence-electron chi connectivity index (χ4n) is 1.79. The lowest BCUT2D eigenvalue weighted by Gasteiger charge is -2.15. The average Bonchev–Trinajstić information content (AvgIpc) is 2.40. The first-order valence-corrected chi connectivity index (χ1v) is 6.10. The monoisotopic (exact) mass is 249 g/mol. The number of rotatable bonds is 6. The molecule has 0 saturated carbocycles. The lowest BCUT2D eigenvalue weighted by molar-refractivity contribution is -0.120. The van der Waals surface area contributed by atoms with Gasteiger partial charge in [0.1, 0.15) is 12.0 Å². The number of aldehydes is 1. The summed E-state index contributed by atoms with van der Waals surface area (Å²) in [4.78, 5) is 22.7. The Labute approximate surface area is 107 Å². The van der Waals surface area contributed by atoms with Crippen LogP contribution < -0.4 is 10.1 Å². The van der Waals surface area contributed by atoms with Crippen molar-refractivity contribution in [2.24, 2.45) is 5.92 Å². The number of methoxy groups -OCH3 is 1. The predicted octanol–water partition coefficient (Wildman–Crippen LogP) is 2.88. The van der Waals surface area contributed by atoms with Crippen LogP contribution >= 0.6 is 0 Å². The Bertz CT molecular complexity index is 425. The first kappa shape index (κ1) is 14.2. The zero-order valence-electron chi connectivity index (χ0n) is 11.0. The van der Waals surface area contributed by atoms with Gasteiger partial charge in [-0.2, -0.15) is 0 Å². The number of anilines is 1. The number of nitrogens with one attached hydrogen (secondary N) is 1. The fourth-order valence-corrected chi connectivity index (χ4v) is 1.79. The molecule has 18 heavy (non-hydrogen) atoms. The van der Waals surface area contributed by atoms with Crippen LogP contribution in [0.15, 0.2) is 18.2 Å². The third kappa shape index (κ3) is 3.32. The van der Waals surface area contributed by atoms with Gasteiger partial charge in [-0.3, -0.25) is 9.59 Å². The highest BCUT2D eigenvalue weighted by atomic mass is 16.5. The highest BCUT2D eigenvalue weighted by molar-refractivity contribution is 5.95. The Morgan fingerprint density at radius 2 is 2.06 bits per heavy atom. The van der Waals surface area contributed by atoms with Crippen LogP contribution in [0.2, 0.25) is 0 Å². The van der Waals surface area contributed by atoms with Crippen LogP contribution in [-0.4, -0.2) is 19.3 Å². The maximum absolute atomic E-state index is 12.0. The summed E-state index contributed by atoms with van der Waals surface area (Å²) in [5.41, 5.74) is 1.05. The van der Waals surface area contributed by atoms with E-state index in [1.54, 1.807) is 18.2 Å². The minimum absolute atomic E-state index is 0.0189. The molecule has 0 saturated heterocycles. The second kappa shape index (κ2) is 6.79. The Hall–Kier alpha value is -1.84. The van der Waals surface area contributed by atoms with Crippen LogP contribution in [0.4, 0.5) is 5.69 Å². The molecule has 0 aliphatic rings. The summed E-state index contributed by atoms with van der Waals surface area (Å²) < 4.78 is 5.16. The molecule has 1 amide bonds. The van der Waals surface area contributed by atoms with Crippen molar-refractivity contribution in [3.05, 3.63) is 23.8 Å². The van der Waals surface area contributed by atoms with Crippen molar-refractivity contribution in [1.29, 1.82) is 0 Å². The van der Waals surface area contributed by atoms with E-state index in [-0.39, 0.29) is 11.8 Å². The van der Waals surface area contributed by atoms with E-state index in [4.69, 9.17) is 4.74 Å². The molecule has 0 heterocycles. The summed E-state index contributed by atoms with van der Waals surface area (Å²) in [5.74, 6) is 0.496. The molecule has 1 aromatic carbocycles. The van der Waals surface area contributed by atoms with Crippen LogP contribution in [0.5, 0.6) is 5.75 Å². The molecule has 1 rings (SSSR count). The van der Waals surface area contributed by atoms with Crippen molar-refractivity contribution < 1.29 is 14.3 Å². The third-order valence-electron chi connectivity index (χ3n) is 2.97. The topological polar surface area (TPSA) is 55.4 Å². The predicted molar refractivity (Wildman–Crippen MR) is 71.1 cm³/mol. The van der Waals surface area contributed by atoms with Gasteiger partial charge < -0.3 is 10.1 Å². The molecule has 0 aliphatic carbocycles. The van der Waals surface area contributed by atoms with Crippen molar-refractivity contribution in [3.63, 3.8) is 0 Å². The highest BCUT2D eigenvalue weighted by Crippen LogP contribution is 2.26. The van der Waals surface area contributed by atoms with Crippen LogP contribution in [0.3, 0.4) is 0 Å². The average molecular weight is 249 g/mol. The smallest absolute Gasteiger partial charge is 0.227 e. The van der Waals surface area contributed by atoms with Crippen molar-refractivity contribution >= 4 is 17.9 Å². The van der Waals surface area contributed by atoms with Gasteiger partial charge in [0.05, 0.1) is 12.8 Å². The number of carbonyl (C=O) groups excluding carboxylic acids is 2. The van der Waals surface area contributed by atoms with Crippen molar-refractivity contribution in [1.82, 2.24) is 0 Å². The van der Waals surface area contributed by atoms with Gasteiger partial charge >= 0.3 is 0 Å². The van der Waals surface area contributed by atoms with Crippen molar-refractivity contribution in [2.75, 3.05) is 12.4 Å². The maximum atomic E-state index is 12.0. The maximum Gasteiger partial charge on any atom is 0.227 e. The Kier molecular flexibility index (Phi) is 5.36. The molecule has 0 unspecified atom stereocenters. The van der Waals surface area contributed by atoms with E-state index in [0.29, 0.717) is 17.0 Å². The van der Waals surface area contributed by atoms with Gasteiger partial charge in [0.15, 0.2) is 0 Å². The quantitative estimate of drug-likeness (QED) is 0.789. The molecule has 4 nitrogen and oxygen atoms in total. The Morgan fingerprint density at radius 1 is 1.39 bits per heavy atom. The zero-order valence-corrected chi connectivity index (χ0v) is 11.0. The van der Waals surface area contributed by atoms with Crippen LogP contribution in [0, 0.1) is 5.92 Å². The third-order valence-corrected chi connectivity index (χ3v) is 2.97. The van der Waals surface area contributed by atoms with E-state index in [0.717, 1.165) is 19.1 Å². The molecule has 0 aromatic heterocycles. The zero-order chi connectivity index (χ0) is 13.5. The normalized spacial score (nSPS) is 10.2. The second-order valence-corrected chi connectivity index (χ2v) is 4.08. The standard InChI is InChI=1S/C14H19NO3/c1-4-11(5-2)14(17)15-12-8-10(9-16)6-7-13(12)18-3/h6-9,11H,4-5H2,1-3H3,(H,15,17). The van der Waals surface area contributed by atoms with Gasteiger partial charge in [-0.25, -0.2) is 0 Å². The summed E-state index contributed by atoms with van der Waals surface area (Å²) in [6.07, 6.45) is 2.32. The van der Waals surface area contributed by atoms with E-state index < -0.39 is 0 Å². The number of amides is 1. The van der Waals surface area contributed by atoms with E-state index in [9.17, 15) is 9.59 Å². The number of carbonyl (C=O) groups is 2. The van der Waals surface area contributed by atoms with Crippen molar-refractivity contribution in [3.8, 4) is 5.75 Å². The fraction of sp³-hybridized carbons (Fsp3) is 0.429. The lowest BCUT2D eigenvalue weighted by Crippen LogP contribution is -2.22. The SMILES string of the molecule is CCC(CC)C(=O)Nc1cc(C=O)ccc1OC. The summed E-state index contributed by atoms with van der Waals surface area (Å²) >= 11 is 0. The first-order chi connectivity index (χ1) is 8.65. The van der Waals surface area contributed by atoms with Crippen LogP contribution in [0.25, 0.3) is 0 Å². The molecule has 0 spiro atoms. The first-order valence-electron chi connectivity index (χ1n) is 6.10. The van der Waals surface area contributed by atoms with Gasteiger partial charge in [0.2, 0.25) is 5.91 Å². The summed E-state index contributed by atoms with van der Waals surface area (Å²) in [6, 6.07) is 4.94. The molecule has 98 valence electrons. The van der Waals surface area contributed by atoms with E-state index in [1.165, 1.54) is 7.11 Å². The van der Waals surface area contributed by atoms with Gasteiger partial charge in [0.25, 0.3) is 0 Å². The van der Waals surface area contributed by atoms with Gasteiger partial charge in [-0.15, -0.1) is 0 Å². The number of hydrogen-bond acceptors (Lipinski definition) is 3. The van der Waals surface area contributed by atoms with Crippen LogP contribution in [0.1, 0.15) is 37.0 Å². The molecule has 0 radical (unpaired) electrons. The molecule has 4 heteroatoms. The molecule has 0 fully saturated rings. The molecule has 0 aliphatic heterocycles. The molecule has 0 bridgehead atoms. The van der Waals surface area contributed by atoms with Crippen molar-refractivity contribution in [2.45, 2.75) is 26.7 Å². The molecular weight excluding hydrogens is 230 g/mol. The van der Waals surface area contributed by atoms with Gasteiger partial charge in [0, 0.05) is 11.5 Å². The molecule has 1 N–H and O–H groups in total. The number of hydrogen-bond donors (Lipinski definition) is 1. The molecule has 1 aromatic rings. The van der Waals surface area contributed by atoms with Gasteiger partial charge in [-0.1, -0.05) is 13.8 Å². The Balaban J connectivity index is 2.94. The molecule has 0 atom stereocenters. The van der Waals surface area contributed by atoms with E-state index in [2.05, 4.69) is 5.32 Å². The number of ether oxygens (including phenoxy) is 1. The minimum atomic E-state index is -0.0404. The number of benzene rings is 1.